The normalized spacial score (nSPS) is 20.9. The molecule has 0 bridgehead atoms. The first-order valence-electron chi connectivity index (χ1n) is 5.68. The SMILES string of the molecule is CC(C)COCCOC(=O)[C@@H]1CCCN1. The molecule has 0 aromatic rings. The molecule has 0 aromatic heterocycles. The van der Waals surface area contributed by atoms with E-state index in [0.717, 1.165) is 26.0 Å². The summed E-state index contributed by atoms with van der Waals surface area (Å²) in [7, 11) is 0. The second-order valence-electron chi connectivity index (χ2n) is 4.29. The predicted octanol–water partition coefficient (Wildman–Crippen LogP) is 0.954. The lowest BCUT2D eigenvalue weighted by Crippen LogP contribution is -2.33. The number of carbonyl (C=O) groups excluding carboxylic acids is 1. The van der Waals surface area contributed by atoms with Crippen LogP contribution in [0.1, 0.15) is 26.7 Å². The fourth-order valence-electron chi connectivity index (χ4n) is 1.51. The van der Waals surface area contributed by atoms with Crippen LogP contribution in [-0.4, -0.2) is 38.4 Å². The Morgan fingerprint density at radius 2 is 2.27 bits per heavy atom. The second-order valence-corrected chi connectivity index (χ2v) is 4.29. The van der Waals surface area contributed by atoms with Gasteiger partial charge < -0.3 is 14.8 Å². The second kappa shape index (κ2) is 6.80. The summed E-state index contributed by atoms with van der Waals surface area (Å²) < 4.78 is 10.4. The van der Waals surface area contributed by atoms with Gasteiger partial charge in [-0.3, -0.25) is 4.79 Å². The molecular formula is C11H21NO3. The van der Waals surface area contributed by atoms with Gasteiger partial charge in [0.15, 0.2) is 0 Å². The lowest BCUT2D eigenvalue weighted by molar-refractivity contribution is -0.147. The van der Waals surface area contributed by atoms with E-state index in [1.54, 1.807) is 0 Å². The Morgan fingerprint density at radius 1 is 1.47 bits per heavy atom. The highest BCUT2D eigenvalue weighted by molar-refractivity contribution is 5.76. The third-order valence-corrected chi connectivity index (χ3v) is 2.27. The van der Waals surface area contributed by atoms with Crippen molar-refractivity contribution in [2.75, 3.05) is 26.4 Å². The van der Waals surface area contributed by atoms with Crippen molar-refractivity contribution < 1.29 is 14.3 Å². The summed E-state index contributed by atoms with van der Waals surface area (Å²) in [5.41, 5.74) is 0. The van der Waals surface area contributed by atoms with E-state index in [1.807, 2.05) is 0 Å². The summed E-state index contributed by atoms with van der Waals surface area (Å²) in [5, 5.41) is 3.10. The van der Waals surface area contributed by atoms with Crippen molar-refractivity contribution in [3.05, 3.63) is 0 Å². The van der Waals surface area contributed by atoms with Crippen LogP contribution in [0.5, 0.6) is 0 Å². The van der Waals surface area contributed by atoms with Crippen LogP contribution in [0.2, 0.25) is 0 Å². The molecule has 88 valence electrons. The summed E-state index contributed by atoms with van der Waals surface area (Å²) in [6.45, 7) is 6.69. The van der Waals surface area contributed by atoms with Gasteiger partial charge in [0.25, 0.3) is 0 Å². The molecule has 0 radical (unpaired) electrons. The first-order valence-corrected chi connectivity index (χ1v) is 5.68. The highest BCUT2D eigenvalue weighted by atomic mass is 16.6. The lowest BCUT2D eigenvalue weighted by atomic mass is 10.2. The number of hydrogen-bond acceptors (Lipinski definition) is 4. The quantitative estimate of drug-likeness (QED) is 0.529. The van der Waals surface area contributed by atoms with E-state index in [0.29, 0.717) is 19.1 Å². The van der Waals surface area contributed by atoms with Crippen molar-refractivity contribution in [2.45, 2.75) is 32.7 Å². The Hall–Kier alpha value is -0.610. The van der Waals surface area contributed by atoms with E-state index in [2.05, 4.69) is 19.2 Å². The van der Waals surface area contributed by atoms with Gasteiger partial charge in [0.1, 0.15) is 12.6 Å². The number of rotatable bonds is 6. The minimum absolute atomic E-state index is 0.0879. The number of hydrogen-bond donors (Lipinski definition) is 1. The van der Waals surface area contributed by atoms with Crippen molar-refractivity contribution in [2.24, 2.45) is 5.92 Å². The van der Waals surface area contributed by atoms with Crippen molar-refractivity contribution in [1.29, 1.82) is 0 Å². The van der Waals surface area contributed by atoms with Crippen LogP contribution in [0.3, 0.4) is 0 Å². The Bertz CT molecular complexity index is 188. The third kappa shape index (κ3) is 5.14. The minimum atomic E-state index is -0.138. The summed E-state index contributed by atoms with van der Waals surface area (Å²) in [4.78, 5) is 11.4. The van der Waals surface area contributed by atoms with Crippen molar-refractivity contribution >= 4 is 5.97 Å². The molecule has 1 heterocycles. The zero-order chi connectivity index (χ0) is 11.1. The highest BCUT2D eigenvalue weighted by Crippen LogP contribution is 2.06. The molecule has 1 saturated heterocycles. The molecule has 0 aromatic carbocycles. The number of esters is 1. The van der Waals surface area contributed by atoms with Crippen LogP contribution in [-0.2, 0) is 14.3 Å². The van der Waals surface area contributed by atoms with E-state index < -0.39 is 0 Å². The highest BCUT2D eigenvalue weighted by Gasteiger charge is 2.22. The van der Waals surface area contributed by atoms with E-state index in [4.69, 9.17) is 9.47 Å². The molecule has 1 N–H and O–H groups in total. The van der Waals surface area contributed by atoms with Crippen LogP contribution < -0.4 is 5.32 Å². The van der Waals surface area contributed by atoms with E-state index in [9.17, 15) is 4.79 Å². The van der Waals surface area contributed by atoms with Crippen LogP contribution in [0.15, 0.2) is 0 Å². The van der Waals surface area contributed by atoms with Crippen molar-refractivity contribution in [1.82, 2.24) is 5.32 Å². The molecule has 1 rings (SSSR count). The van der Waals surface area contributed by atoms with Crippen LogP contribution >= 0.6 is 0 Å². The van der Waals surface area contributed by atoms with Gasteiger partial charge >= 0.3 is 5.97 Å². The van der Waals surface area contributed by atoms with E-state index >= 15 is 0 Å². The topological polar surface area (TPSA) is 47.6 Å². The van der Waals surface area contributed by atoms with Gasteiger partial charge in [-0.1, -0.05) is 13.8 Å². The van der Waals surface area contributed by atoms with Crippen molar-refractivity contribution in [3.63, 3.8) is 0 Å². The maximum Gasteiger partial charge on any atom is 0.323 e. The Balaban J connectivity index is 1.97. The number of ether oxygens (including phenoxy) is 2. The average molecular weight is 215 g/mol. The molecular weight excluding hydrogens is 194 g/mol. The largest absolute Gasteiger partial charge is 0.462 e. The van der Waals surface area contributed by atoms with Gasteiger partial charge in [0.05, 0.1) is 6.61 Å². The number of nitrogens with one attached hydrogen (secondary N) is 1. The Labute approximate surface area is 91.3 Å². The molecule has 0 unspecified atom stereocenters. The summed E-state index contributed by atoms with van der Waals surface area (Å²) in [5.74, 6) is 0.387. The molecule has 0 spiro atoms. The van der Waals surface area contributed by atoms with E-state index in [-0.39, 0.29) is 12.0 Å². The first-order chi connectivity index (χ1) is 7.20. The summed E-state index contributed by atoms with van der Waals surface area (Å²) >= 11 is 0. The molecule has 0 saturated carbocycles. The molecule has 0 aliphatic carbocycles. The van der Waals surface area contributed by atoms with Crippen LogP contribution in [0.25, 0.3) is 0 Å². The van der Waals surface area contributed by atoms with Gasteiger partial charge in [0, 0.05) is 6.61 Å². The Morgan fingerprint density at radius 3 is 2.87 bits per heavy atom. The predicted molar refractivity (Wildman–Crippen MR) is 57.6 cm³/mol. The molecule has 1 aliphatic heterocycles. The maximum absolute atomic E-state index is 11.4. The molecule has 1 atom stereocenters. The molecule has 4 heteroatoms. The lowest BCUT2D eigenvalue weighted by Gasteiger charge is -2.11. The smallest absolute Gasteiger partial charge is 0.323 e. The van der Waals surface area contributed by atoms with Gasteiger partial charge in [0.2, 0.25) is 0 Å². The minimum Gasteiger partial charge on any atom is -0.462 e. The van der Waals surface area contributed by atoms with Crippen LogP contribution in [0, 0.1) is 5.92 Å². The first kappa shape index (κ1) is 12.5. The molecule has 4 nitrogen and oxygen atoms in total. The van der Waals surface area contributed by atoms with E-state index in [1.165, 1.54) is 0 Å². The molecule has 0 amide bonds. The maximum atomic E-state index is 11.4. The van der Waals surface area contributed by atoms with Gasteiger partial charge in [-0.15, -0.1) is 0 Å². The fraction of sp³-hybridized carbons (Fsp3) is 0.909. The van der Waals surface area contributed by atoms with Crippen LogP contribution in [0.4, 0.5) is 0 Å². The molecule has 1 fully saturated rings. The van der Waals surface area contributed by atoms with Gasteiger partial charge in [-0.2, -0.15) is 0 Å². The molecule has 15 heavy (non-hydrogen) atoms. The summed E-state index contributed by atoms with van der Waals surface area (Å²) in [6, 6.07) is -0.0879. The zero-order valence-electron chi connectivity index (χ0n) is 9.62. The molecule has 1 aliphatic rings. The number of carbonyl (C=O) groups is 1. The van der Waals surface area contributed by atoms with Gasteiger partial charge in [-0.05, 0) is 25.3 Å². The fourth-order valence-corrected chi connectivity index (χ4v) is 1.51. The average Bonchev–Trinajstić information content (AvgIpc) is 2.69. The van der Waals surface area contributed by atoms with Crippen molar-refractivity contribution in [3.8, 4) is 0 Å². The summed E-state index contributed by atoms with van der Waals surface area (Å²) in [6.07, 6.45) is 1.95. The standard InChI is InChI=1S/C11H21NO3/c1-9(2)8-14-6-7-15-11(13)10-4-3-5-12-10/h9-10,12H,3-8H2,1-2H3/t10-/m0/s1. The monoisotopic (exact) mass is 215 g/mol. The Kier molecular flexibility index (Phi) is 5.65. The zero-order valence-corrected chi connectivity index (χ0v) is 9.62. The third-order valence-electron chi connectivity index (χ3n) is 2.27. The van der Waals surface area contributed by atoms with Gasteiger partial charge in [-0.25, -0.2) is 0 Å².